The van der Waals surface area contributed by atoms with Gasteiger partial charge in [-0.15, -0.1) is 0 Å². The molecular weight excluding hydrogens is 724 g/mol. The van der Waals surface area contributed by atoms with Gasteiger partial charge in [0.15, 0.2) is 0 Å². The van der Waals surface area contributed by atoms with E-state index >= 15 is 0 Å². The van der Waals surface area contributed by atoms with Crippen LogP contribution in [0.2, 0.25) is 0 Å². The van der Waals surface area contributed by atoms with Gasteiger partial charge in [0.2, 0.25) is 41.4 Å². The van der Waals surface area contributed by atoms with Gasteiger partial charge in [0, 0.05) is 25.1 Å². The van der Waals surface area contributed by atoms with Crippen LogP contribution in [-0.4, -0.2) is 111 Å². The first kappa shape index (κ1) is 42.7. The van der Waals surface area contributed by atoms with E-state index in [2.05, 4.69) is 33.9 Å². The second-order valence-electron chi connectivity index (χ2n) is 12.8. The summed E-state index contributed by atoms with van der Waals surface area (Å²) in [5, 5.41) is 28.9. The first-order valence-corrected chi connectivity index (χ1v) is 17.7. The van der Waals surface area contributed by atoms with Gasteiger partial charge in [0.1, 0.15) is 36.0 Å². The second kappa shape index (κ2) is 20.5. The number of nitrogens with zero attached hydrogens (tertiary/aromatic N) is 1. The number of amides is 7. The first-order chi connectivity index (χ1) is 25.6. The molecule has 0 saturated carbocycles. The third-order valence-electron chi connectivity index (χ3n) is 8.61. The Morgan fingerprint density at radius 1 is 0.741 bits per heavy atom. The SMILES string of the molecule is NC(=O)CC[C@H](NC(=O)[C@H](Cc1ccccc1)NC(=O)[C@@H](N)Cc1ccc(O)cc1)C(=O)N[C@@H](CC(N)=O)C(=O)N[C@@H](CS)C(=O)N1CCC[C@H]1C(=O)O. The molecule has 6 atom stereocenters. The van der Waals surface area contributed by atoms with Crippen LogP contribution < -0.4 is 38.5 Å². The molecule has 3 rings (SSSR count). The molecule has 1 aliphatic rings. The van der Waals surface area contributed by atoms with Crippen LogP contribution in [0.3, 0.4) is 0 Å². The van der Waals surface area contributed by atoms with Gasteiger partial charge in [-0.25, -0.2) is 4.79 Å². The fourth-order valence-electron chi connectivity index (χ4n) is 5.77. The molecule has 7 amide bonds. The molecule has 19 heteroatoms. The molecule has 0 aromatic heterocycles. The van der Waals surface area contributed by atoms with Crippen molar-refractivity contribution in [1.82, 2.24) is 26.2 Å². The van der Waals surface area contributed by atoms with Gasteiger partial charge in [0.25, 0.3) is 0 Å². The Bertz CT molecular complexity index is 1680. The normalized spacial score (nSPS) is 16.5. The summed E-state index contributed by atoms with van der Waals surface area (Å²) in [6, 6.07) is 6.61. The fourth-order valence-corrected chi connectivity index (χ4v) is 6.02. The number of primary amides is 2. The number of nitrogens with two attached hydrogens (primary N) is 3. The highest BCUT2D eigenvalue weighted by molar-refractivity contribution is 7.80. The van der Waals surface area contributed by atoms with Crippen LogP contribution in [-0.2, 0) is 51.2 Å². The average Bonchev–Trinajstić information content (AvgIpc) is 3.63. The summed E-state index contributed by atoms with van der Waals surface area (Å²) in [7, 11) is 0. The molecule has 12 N–H and O–H groups in total. The molecule has 0 spiro atoms. The van der Waals surface area contributed by atoms with Crippen LogP contribution >= 0.6 is 12.6 Å². The number of nitrogens with one attached hydrogen (secondary N) is 4. The maximum Gasteiger partial charge on any atom is 0.326 e. The summed E-state index contributed by atoms with van der Waals surface area (Å²) in [6.45, 7) is 0.134. The maximum atomic E-state index is 13.8. The second-order valence-corrected chi connectivity index (χ2v) is 13.2. The van der Waals surface area contributed by atoms with Crippen molar-refractivity contribution in [2.45, 2.75) is 81.2 Å². The highest BCUT2D eigenvalue weighted by Gasteiger charge is 2.38. The lowest BCUT2D eigenvalue weighted by Gasteiger charge is -2.28. The Kier molecular flexibility index (Phi) is 16.2. The highest BCUT2D eigenvalue weighted by atomic mass is 32.1. The lowest BCUT2D eigenvalue weighted by molar-refractivity contribution is -0.149. The maximum absolute atomic E-state index is 13.8. The summed E-state index contributed by atoms with van der Waals surface area (Å²) in [5.41, 5.74) is 18.1. The van der Waals surface area contributed by atoms with Gasteiger partial charge in [-0.2, -0.15) is 12.6 Å². The topological polar surface area (TPSA) is 306 Å². The summed E-state index contributed by atoms with van der Waals surface area (Å²) >= 11 is 4.12. The van der Waals surface area contributed by atoms with Gasteiger partial charge in [-0.3, -0.25) is 33.6 Å². The van der Waals surface area contributed by atoms with Crippen molar-refractivity contribution in [2.75, 3.05) is 12.3 Å². The third-order valence-corrected chi connectivity index (χ3v) is 8.98. The van der Waals surface area contributed by atoms with Gasteiger partial charge < -0.3 is 53.6 Å². The number of carboxylic acid groups (broad SMARTS) is 1. The minimum Gasteiger partial charge on any atom is -0.508 e. The van der Waals surface area contributed by atoms with E-state index in [0.29, 0.717) is 17.5 Å². The number of rotatable bonds is 20. The quantitative estimate of drug-likeness (QED) is 0.0633. The molecule has 1 saturated heterocycles. The lowest BCUT2D eigenvalue weighted by atomic mass is 10.0. The third kappa shape index (κ3) is 13.1. The first-order valence-electron chi connectivity index (χ1n) is 17.1. The number of benzene rings is 2. The molecule has 0 bridgehead atoms. The Morgan fingerprint density at radius 2 is 1.30 bits per heavy atom. The van der Waals surface area contributed by atoms with Crippen LogP contribution in [0, 0.1) is 0 Å². The zero-order valence-electron chi connectivity index (χ0n) is 29.3. The number of carbonyl (C=O) groups excluding carboxylic acids is 7. The van der Waals surface area contributed by atoms with Crippen LogP contribution in [0.4, 0.5) is 0 Å². The van der Waals surface area contributed by atoms with Gasteiger partial charge in [-0.05, 0) is 48.9 Å². The molecule has 1 heterocycles. The molecule has 18 nitrogen and oxygen atoms in total. The smallest absolute Gasteiger partial charge is 0.326 e. The number of carboxylic acids is 1. The summed E-state index contributed by atoms with van der Waals surface area (Å²) in [4.78, 5) is 104. The number of aromatic hydroxyl groups is 1. The molecular formula is C35H46N8O10S. The van der Waals surface area contributed by atoms with E-state index in [1.165, 1.54) is 12.1 Å². The molecule has 54 heavy (non-hydrogen) atoms. The Hall–Kier alpha value is -5.69. The van der Waals surface area contributed by atoms with Crippen molar-refractivity contribution in [2.24, 2.45) is 17.2 Å². The lowest BCUT2D eigenvalue weighted by Crippen LogP contribution is -2.60. The average molecular weight is 771 g/mol. The van der Waals surface area contributed by atoms with Crippen molar-refractivity contribution in [3.05, 3.63) is 65.7 Å². The van der Waals surface area contributed by atoms with Crippen molar-refractivity contribution in [1.29, 1.82) is 0 Å². The molecule has 292 valence electrons. The largest absolute Gasteiger partial charge is 0.508 e. The zero-order valence-corrected chi connectivity index (χ0v) is 30.2. The monoisotopic (exact) mass is 770 g/mol. The van der Waals surface area contributed by atoms with E-state index in [1.807, 2.05) is 0 Å². The van der Waals surface area contributed by atoms with Crippen LogP contribution in [0.15, 0.2) is 54.6 Å². The number of hydrogen-bond acceptors (Lipinski definition) is 11. The van der Waals surface area contributed by atoms with Crippen molar-refractivity contribution < 1.29 is 48.6 Å². The van der Waals surface area contributed by atoms with Crippen molar-refractivity contribution in [3.8, 4) is 5.75 Å². The standard InChI is InChI=1S/C35H46N8O10S/c36-22(15-20-8-10-21(44)11-9-20)30(47)40-24(16-19-5-2-1-3-6-19)32(49)39-23(12-13-28(37)45)31(48)41-25(17-29(38)46)33(50)42-26(18-54)34(51)43-14-4-7-27(43)35(52)53/h1-3,5-6,8-11,22-27,44,54H,4,7,12-18,36H2,(H2,37,45)(H2,38,46)(H,39,49)(H,40,47)(H,41,48)(H,42,50)(H,52,53)/t22-,23-,24-,25-,26-,27-/m0/s1. The van der Waals surface area contributed by atoms with Gasteiger partial charge in [0.05, 0.1) is 12.5 Å². The number of thiol groups is 1. The molecule has 1 fully saturated rings. The number of hydrogen-bond donors (Lipinski definition) is 10. The predicted molar refractivity (Wildman–Crippen MR) is 196 cm³/mol. The summed E-state index contributed by atoms with van der Waals surface area (Å²) < 4.78 is 0. The van der Waals surface area contributed by atoms with E-state index in [9.17, 15) is 48.6 Å². The van der Waals surface area contributed by atoms with E-state index in [1.54, 1.807) is 42.5 Å². The molecule has 1 aliphatic heterocycles. The molecule has 0 radical (unpaired) electrons. The zero-order chi connectivity index (χ0) is 39.9. The van der Waals surface area contributed by atoms with Gasteiger partial charge in [-0.1, -0.05) is 42.5 Å². The van der Waals surface area contributed by atoms with Gasteiger partial charge >= 0.3 is 5.97 Å². The minimum absolute atomic E-state index is 0.0259. The van der Waals surface area contributed by atoms with E-state index in [4.69, 9.17) is 17.2 Å². The number of aliphatic carboxylic acids is 1. The van der Waals surface area contributed by atoms with Crippen LogP contribution in [0.5, 0.6) is 5.75 Å². The van der Waals surface area contributed by atoms with Crippen LogP contribution in [0.1, 0.15) is 43.2 Å². The van der Waals surface area contributed by atoms with E-state index < -0.39 is 96.4 Å². The minimum atomic E-state index is -1.68. The van der Waals surface area contributed by atoms with Crippen LogP contribution in [0.25, 0.3) is 0 Å². The number of carbonyl (C=O) groups is 8. The molecule has 0 unspecified atom stereocenters. The van der Waals surface area contributed by atoms with E-state index in [0.717, 1.165) is 4.90 Å². The number of phenols is 1. The van der Waals surface area contributed by atoms with E-state index in [-0.39, 0.29) is 43.7 Å². The molecule has 2 aromatic rings. The van der Waals surface area contributed by atoms with Crippen molar-refractivity contribution >= 4 is 59.9 Å². The number of likely N-dealkylation sites (tertiary alicyclic amines) is 1. The Labute approximate surface area is 316 Å². The highest BCUT2D eigenvalue weighted by Crippen LogP contribution is 2.19. The Balaban J connectivity index is 1.80. The molecule has 0 aliphatic carbocycles. The fraction of sp³-hybridized carbons (Fsp3) is 0.429. The Morgan fingerprint density at radius 3 is 1.89 bits per heavy atom. The summed E-state index contributed by atoms with van der Waals surface area (Å²) in [6.07, 6.45) is -0.819. The molecule has 2 aromatic carbocycles. The van der Waals surface area contributed by atoms with Crippen molar-refractivity contribution in [3.63, 3.8) is 0 Å². The number of phenolic OH excluding ortho intramolecular Hbond substituents is 1. The predicted octanol–water partition coefficient (Wildman–Crippen LogP) is -2.41. The summed E-state index contributed by atoms with van der Waals surface area (Å²) in [5.74, 6) is -7.62.